The topological polar surface area (TPSA) is 49.4 Å². The van der Waals surface area contributed by atoms with E-state index in [1.807, 2.05) is 4.90 Å². The Morgan fingerprint density at radius 1 is 1.12 bits per heavy atom. The Balaban J connectivity index is 1.75. The molecule has 1 aromatic rings. The molecule has 4 nitrogen and oxygen atoms in total. The van der Waals surface area contributed by atoms with E-state index in [2.05, 4.69) is 50.4 Å². The van der Waals surface area contributed by atoms with Gasteiger partial charge in [-0.25, -0.2) is 0 Å². The van der Waals surface area contributed by atoms with Crippen LogP contribution in [-0.2, 0) is 21.4 Å². The quantitative estimate of drug-likeness (QED) is 0.922. The van der Waals surface area contributed by atoms with Crippen LogP contribution in [0.4, 0.5) is 0 Å². The predicted octanol–water partition coefficient (Wildman–Crippen LogP) is 3.04. The van der Waals surface area contributed by atoms with E-state index in [0.717, 1.165) is 32.4 Å². The Hall–Kier alpha value is -1.84. The highest BCUT2D eigenvalue weighted by Crippen LogP contribution is 2.22. The highest BCUT2D eigenvalue weighted by Gasteiger charge is 2.21. The summed E-state index contributed by atoms with van der Waals surface area (Å²) in [6.45, 7) is 9.69. The van der Waals surface area contributed by atoms with Crippen LogP contribution in [0.5, 0.6) is 0 Å². The van der Waals surface area contributed by atoms with Gasteiger partial charge in [-0.3, -0.25) is 9.59 Å². The van der Waals surface area contributed by atoms with Crippen molar-refractivity contribution < 1.29 is 9.59 Å². The molecule has 0 bridgehead atoms. The van der Waals surface area contributed by atoms with Crippen molar-refractivity contribution in [1.29, 1.82) is 0 Å². The first kappa shape index (κ1) is 18.5. The number of carbonyl (C=O) groups is 2. The van der Waals surface area contributed by atoms with Gasteiger partial charge in [0.2, 0.25) is 11.8 Å². The van der Waals surface area contributed by atoms with Crippen molar-refractivity contribution in [2.24, 2.45) is 0 Å². The molecule has 1 aromatic carbocycles. The minimum Gasteiger partial charge on any atom is -0.353 e. The van der Waals surface area contributed by atoms with Gasteiger partial charge in [-0.15, -0.1) is 0 Å². The molecule has 4 heteroatoms. The van der Waals surface area contributed by atoms with Crippen LogP contribution < -0.4 is 5.32 Å². The summed E-state index contributed by atoms with van der Waals surface area (Å²) in [4.78, 5) is 25.3. The summed E-state index contributed by atoms with van der Waals surface area (Å²) in [5.41, 5.74) is 2.67. The molecule has 1 N–H and O–H groups in total. The molecule has 1 aliphatic heterocycles. The monoisotopic (exact) mass is 330 g/mol. The number of piperidine rings is 1. The van der Waals surface area contributed by atoms with Crippen LogP contribution in [0.3, 0.4) is 0 Å². The molecule has 0 saturated carbocycles. The third-order valence-electron chi connectivity index (χ3n) is 4.77. The molecule has 0 aliphatic carbocycles. The van der Waals surface area contributed by atoms with Gasteiger partial charge in [0, 0.05) is 32.5 Å². The average molecular weight is 330 g/mol. The third kappa shape index (κ3) is 5.36. The number of hydrogen-bond donors (Lipinski definition) is 1. The van der Waals surface area contributed by atoms with Gasteiger partial charge in [0.25, 0.3) is 0 Å². The SMILES string of the molecule is CC(=O)N1CCC(NC(=O)CCc2ccc(C(C)(C)C)cc2)CC1. The van der Waals surface area contributed by atoms with Crippen molar-refractivity contribution in [3.8, 4) is 0 Å². The van der Waals surface area contributed by atoms with E-state index in [9.17, 15) is 9.59 Å². The van der Waals surface area contributed by atoms with Crippen molar-refractivity contribution in [3.05, 3.63) is 35.4 Å². The largest absolute Gasteiger partial charge is 0.353 e. The van der Waals surface area contributed by atoms with Crippen LogP contribution in [0.1, 0.15) is 58.1 Å². The Kier molecular flexibility index (Phi) is 6.03. The van der Waals surface area contributed by atoms with Crippen molar-refractivity contribution >= 4 is 11.8 Å². The molecule has 0 unspecified atom stereocenters. The maximum atomic E-state index is 12.1. The molecular formula is C20H30N2O2. The molecule has 1 aliphatic rings. The van der Waals surface area contributed by atoms with Gasteiger partial charge >= 0.3 is 0 Å². The van der Waals surface area contributed by atoms with Crippen LogP contribution >= 0.6 is 0 Å². The van der Waals surface area contributed by atoms with E-state index in [1.165, 1.54) is 11.1 Å². The number of aryl methyl sites for hydroxylation is 1. The summed E-state index contributed by atoms with van der Waals surface area (Å²) < 4.78 is 0. The second-order valence-corrected chi connectivity index (χ2v) is 7.79. The molecule has 1 fully saturated rings. The van der Waals surface area contributed by atoms with Crippen LogP contribution in [0.25, 0.3) is 0 Å². The zero-order chi connectivity index (χ0) is 17.7. The molecule has 0 spiro atoms. The summed E-state index contributed by atoms with van der Waals surface area (Å²) in [5, 5.41) is 3.11. The standard InChI is InChI=1S/C20H30N2O2/c1-15(23)22-13-11-18(12-14-22)21-19(24)10-7-16-5-8-17(9-6-16)20(2,3)4/h5-6,8-9,18H,7,10-14H2,1-4H3,(H,21,24). The number of rotatable bonds is 4. The van der Waals surface area contributed by atoms with Crippen molar-refractivity contribution in [2.75, 3.05) is 13.1 Å². The van der Waals surface area contributed by atoms with Crippen molar-refractivity contribution in [2.45, 2.75) is 64.8 Å². The molecule has 0 radical (unpaired) electrons. The molecule has 0 atom stereocenters. The lowest BCUT2D eigenvalue weighted by molar-refractivity contribution is -0.130. The molecule has 2 amide bonds. The van der Waals surface area contributed by atoms with Crippen LogP contribution in [-0.4, -0.2) is 35.8 Å². The Morgan fingerprint density at radius 3 is 2.21 bits per heavy atom. The van der Waals surface area contributed by atoms with Gasteiger partial charge in [-0.1, -0.05) is 45.0 Å². The zero-order valence-electron chi connectivity index (χ0n) is 15.4. The Labute approximate surface area is 145 Å². The second-order valence-electron chi connectivity index (χ2n) is 7.79. The summed E-state index contributed by atoms with van der Waals surface area (Å²) in [5.74, 6) is 0.231. The number of likely N-dealkylation sites (tertiary alicyclic amines) is 1. The summed E-state index contributed by atoms with van der Waals surface area (Å²) in [7, 11) is 0. The summed E-state index contributed by atoms with van der Waals surface area (Å²) in [6.07, 6.45) is 2.99. The molecule has 1 heterocycles. The van der Waals surface area contributed by atoms with Gasteiger partial charge in [-0.05, 0) is 35.8 Å². The second kappa shape index (κ2) is 7.82. The normalized spacial score (nSPS) is 16.1. The van der Waals surface area contributed by atoms with E-state index in [0.29, 0.717) is 6.42 Å². The number of carbonyl (C=O) groups excluding carboxylic acids is 2. The van der Waals surface area contributed by atoms with Gasteiger partial charge in [-0.2, -0.15) is 0 Å². The number of benzene rings is 1. The highest BCUT2D eigenvalue weighted by atomic mass is 16.2. The first-order chi connectivity index (χ1) is 11.3. The molecule has 132 valence electrons. The van der Waals surface area contributed by atoms with Gasteiger partial charge in [0.15, 0.2) is 0 Å². The number of nitrogens with one attached hydrogen (secondary N) is 1. The maximum Gasteiger partial charge on any atom is 0.220 e. The number of hydrogen-bond acceptors (Lipinski definition) is 2. The maximum absolute atomic E-state index is 12.1. The molecule has 2 rings (SSSR count). The van der Waals surface area contributed by atoms with E-state index in [-0.39, 0.29) is 23.3 Å². The minimum atomic E-state index is 0.108. The fraction of sp³-hybridized carbons (Fsp3) is 0.600. The van der Waals surface area contributed by atoms with Crippen molar-refractivity contribution in [3.63, 3.8) is 0 Å². The van der Waals surface area contributed by atoms with E-state index in [4.69, 9.17) is 0 Å². The highest BCUT2D eigenvalue weighted by molar-refractivity contribution is 5.76. The van der Waals surface area contributed by atoms with Crippen molar-refractivity contribution in [1.82, 2.24) is 10.2 Å². The van der Waals surface area contributed by atoms with E-state index >= 15 is 0 Å². The molecular weight excluding hydrogens is 300 g/mol. The smallest absolute Gasteiger partial charge is 0.220 e. The fourth-order valence-corrected chi connectivity index (χ4v) is 3.07. The summed E-state index contributed by atoms with van der Waals surface area (Å²) in [6, 6.07) is 8.77. The first-order valence-corrected chi connectivity index (χ1v) is 8.90. The Bertz CT molecular complexity index is 564. The van der Waals surface area contributed by atoms with Crippen LogP contribution in [0.15, 0.2) is 24.3 Å². The van der Waals surface area contributed by atoms with Gasteiger partial charge in [0.1, 0.15) is 0 Å². The molecule has 24 heavy (non-hydrogen) atoms. The lowest BCUT2D eigenvalue weighted by atomic mass is 9.86. The zero-order valence-corrected chi connectivity index (χ0v) is 15.4. The minimum absolute atomic E-state index is 0.108. The van der Waals surface area contributed by atoms with E-state index in [1.54, 1.807) is 6.92 Å². The molecule has 1 saturated heterocycles. The van der Waals surface area contributed by atoms with Crippen LogP contribution in [0.2, 0.25) is 0 Å². The van der Waals surface area contributed by atoms with E-state index < -0.39 is 0 Å². The first-order valence-electron chi connectivity index (χ1n) is 8.90. The van der Waals surface area contributed by atoms with Gasteiger partial charge < -0.3 is 10.2 Å². The van der Waals surface area contributed by atoms with Crippen LogP contribution in [0, 0.1) is 0 Å². The predicted molar refractivity (Wildman–Crippen MR) is 96.9 cm³/mol. The average Bonchev–Trinajstić information content (AvgIpc) is 2.53. The number of nitrogens with zero attached hydrogens (tertiary/aromatic N) is 1. The van der Waals surface area contributed by atoms with Gasteiger partial charge in [0.05, 0.1) is 0 Å². The lowest BCUT2D eigenvalue weighted by Gasteiger charge is -2.31. The number of amides is 2. The molecule has 0 aromatic heterocycles. The fourth-order valence-electron chi connectivity index (χ4n) is 3.07. The Morgan fingerprint density at radius 2 is 1.71 bits per heavy atom. The summed E-state index contributed by atoms with van der Waals surface area (Å²) >= 11 is 0. The lowest BCUT2D eigenvalue weighted by Crippen LogP contribution is -2.46. The third-order valence-corrected chi connectivity index (χ3v) is 4.77.